The Hall–Kier alpha value is -2.52. The van der Waals surface area contributed by atoms with Crippen molar-refractivity contribution in [2.24, 2.45) is 0 Å². The van der Waals surface area contributed by atoms with Crippen LogP contribution in [0.4, 0.5) is 10.2 Å². The van der Waals surface area contributed by atoms with E-state index >= 15 is 0 Å². The average molecular weight is 570 g/mol. The summed E-state index contributed by atoms with van der Waals surface area (Å²) in [5.74, 6) is -1.87. The molecular weight excluding hydrogens is 540 g/mol. The van der Waals surface area contributed by atoms with Gasteiger partial charge in [0.2, 0.25) is 0 Å². The van der Waals surface area contributed by atoms with E-state index in [1.165, 1.54) is 22.6 Å². The van der Waals surface area contributed by atoms with Gasteiger partial charge in [0.1, 0.15) is 11.3 Å². The molecule has 2 aromatic heterocycles. The van der Waals surface area contributed by atoms with Crippen LogP contribution >= 0.6 is 10.8 Å². The molecule has 4 N–H and O–H groups in total. The summed E-state index contributed by atoms with van der Waals surface area (Å²) < 4.78 is 42.1. The van der Waals surface area contributed by atoms with Gasteiger partial charge >= 0.3 is 29.6 Å². The summed E-state index contributed by atoms with van der Waals surface area (Å²) in [4.78, 5) is 36.4. The molecule has 4 heterocycles. The number of aromatic nitrogens is 2. The third-order valence-corrected chi connectivity index (χ3v) is 8.49. The molecule has 0 aliphatic carbocycles. The predicted octanol–water partition coefficient (Wildman–Crippen LogP) is 2.49. The SMILES string of the molecule is O=C(NCc1ccc(F)cc1C(=O)N1CCOCC1)c1nc(N2CCCCS2(O)O)c2cccnc2c1O.[NaH]. The van der Waals surface area contributed by atoms with E-state index in [-0.39, 0.29) is 70.4 Å². The molecule has 2 saturated heterocycles. The summed E-state index contributed by atoms with van der Waals surface area (Å²) in [6.45, 7) is 1.70. The zero-order valence-corrected chi connectivity index (χ0v) is 21.3. The maximum absolute atomic E-state index is 14.0. The van der Waals surface area contributed by atoms with Gasteiger partial charge in [0.05, 0.1) is 19.0 Å². The fourth-order valence-electron chi connectivity index (χ4n) is 4.60. The molecule has 0 spiro atoms. The number of carbonyl (C=O) groups is 2. The fraction of sp³-hybridized carbons (Fsp3) is 0.360. The number of fused-ring (bicyclic) bond motifs is 1. The van der Waals surface area contributed by atoms with Crippen LogP contribution in [0.2, 0.25) is 0 Å². The third kappa shape index (κ3) is 6.14. The quantitative estimate of drug-likeness (QED) is 0.340. The second-order valence-electron chi connectivity index (χ2n) is 9.07. The molecule has 5 rings (SSSR count). The Bertz CT molecular complexity index is 1390. The fourth-order valence-corrected chi connectivity index (χ4v) is 6.25. The average Bonchev–Trinajstić information content (AvgIpc) is 2.93. The summed E-state index contributed by atoms with van der Waals surface area (Å²) >= 11 is 0. The van der Waals surface area contributed by atoms with Gasteiger partial charge in [-0.25, -0.2) is 9.37 Å². The zero-order valence-electron chi connectivity index (χ0n) is 20.5. The van der Waals surface area contributed by atoms with Crippen molar-refractivity contribution in [1.29, 1.82) is 0 Å². The van der Waals surface area contributed by atoms with Crippen molar-refractivity contribution in [2.45, 2.75) is 19.4 Å². The molecule has 39 heavy (non-hydrogen) atoms. The van der Waals surface area contributed by atoms with Gasteiger partial charge in [-0.15, -0.1) is 10.8 Å². The van der Waals surface area contributed by atoms with Crippen molar-refractivity contribution in [3.05, 3.63) is 59.2 Å². The number of morpholine rings is 1. The topological polar surface area (TPSA) is 148 Å². The van der Waals surface area contributed by atoms with Gasteiger partial charge in [0.25, 0.3) is 11.8 Å². The van der Waals surface area contributed by atoms with Crippen LogP contribution in [0.3, 0.4) is 0 Å². The summed E-state index contributed by atoms with van der Waals surface area (Å²) in [5.41, 5.74) is 0.246. The van der Waals surface area contributed by atoms with E-state index in [1.807, 2.05) is 0 Å². The van der Waals surface area contributed by atoms with Gasteiger partial charge in [0, 0.05) is 43.3 Å². The van der Waals surface area contributed by atoms with Crippen LogP contribution in [0.15, 0.2) is 36.5 Å². The molecule has 1 aromatic carbocycles. The third-order valence-electron chi connectivity index (χ3n) is 6.59. The molecule has 0 saturated carbocycles. The Balaban J connectivity index is 0.00000353. The van der Waals surface area contributed by atoms with Gasteiger partial charge in [-0.05, 0) is 42.7 Å². The normalized spacial score (nSPS) is 17.8. The number of carbonyl (C=O) groups excluding carboxylic acids is 2. The summed E-state index contributed by atoms with van der Waals surface area (Å²) in [6.07, 6.45) is 2.79. The number of nitrogens with one attached hydrogen (secondary N) is 1. The van der Waals surface area contributed by atoms with Crippen LogP contribution < -0.4 is 9.62 Å². The Kier molecular flexibility index (Phi) is 9.32. The van der Waals surface area contributed by atoms with E-state index in [0.29, 0.717) is 56.6 Å². The molecule has 0 radical (unpaired) electrons. The summed E-state index contributed by atoms with van der Waals surface area (Å²) in [5, 5.41) is 13.9. The minimum atomic E-state index is -3.17. The summed E-state index contributed by atoms with van der Waals surface area (Å²) in [7, 11) is -3.17. The Labute approximate surface area is 248 Å². The van der Waals surface area contributed by atoms with Gasteiger partial charge < -0.3 is 20.1 Å². The maximum atomic E-state index is 14.0. The number of hydrogen-bond donors (Lipinski definition) is 4. The van der Waals surface area contributed by atoms with Crippen LogP contribution in [-0.2, 0) is 11.3 Å². The van der Waals surface area contributed by atoms with Crippen LogP contribution in [0, 0.1) is 5.82 Å². The van der Waals surface area contributed by atoms with E-state index in [0.717, 1.165) is 6.07 Å². The van der Waals surface area contributed by atoms with E-state index in [9.17, 15) is 28.2 Å². The molecule has 0 atom stereocenters. The number of amides is 2. The van der Waals surface area contributed by atoms with Crippen molar-refractivity contribution >= 4 is 68.9 Å². The number of aromatic hydroxyl groups is 1. The van der Waals surface area contributed by atoms with Crippen molar-refractivity contribution in [3.63, 3.8) is 0 Å². The van der Waals surface area contributed by atoms with E-state index in [2.05, 4.69) is 15.3 Å². The van der Waals surface area contributed by atoms with E-state index < -0.39 is 28.2 Å². The van der Waals surface area contributed by atoms with Crippen LogP contribution in [0.1, 0.15) is 39.3 Å². The zero-order chi connectivity index (χ0) is 26.9. The van der Waals surface area contributed by atoms with E-state index in [4.69, 9.17) is 4.74 Å². The second-order valence-corrected chi connectivity index (χ2v) is 11.2. The Morgan fingerprint density at radius 2 is 1.90 bits per heavy atom. The number of pyridine rings is 2. The first-order chi connectivity index (χ1) is 18.3. The first kappa shape index (κ1) is 29.5. The van der Waals surface area contributed by atoms with Crippen LogP contribution in [0.5, 0.6) is 5.75 Å². The molecule has 0 unspecified atom stereocenters. The van der Waals surface area contributed by atoms with Gasteiger partial charge in [-0.3, -0.25) is 28.0 Å². The first-order valence-corrected chi connectivity index (χ1v) is 13.9. The minimum absolute atomic E-state index is 0. The Morgan fingerprint density at radius 3 is 2.64 bits per heavy atom. The van der Waals surface area contributed by atoms with Crippen molar-refractivity contribution in [2.75, 3.05) is 42.9 Å². The molecule has 2 aliphatic rings. The standard InChI is InChI=1S/C25H28FN5O6S.Na.H/c26-17-6-5-16(19(14-17)25(34)30-9-11-37-12-10-30)15-28-24(33)21-22(32)20-18(4-3-7-27-20)23(29-21)31-8-1-2-13-38(31,35)36;;/h3-7,14,32,35-36H,1-2,8-13,15H2,(H,28,33);;. The molecule has 2 fully saturated rings. The van der Waals surface area contributed by atoms with Gasteiger partial charge in [0.15, 0.2) is 17.3 Å². The number of rotatable bonds is 5. The summed E-state index contributed by atoms with van der Waals surface area (Å²) in [6, 6.07) is 7.02. The molecular formula is C25H29FN5NaO6S. The second kappa shape index (κ2) is 12.3. The van der Waals surface area contributed by atoms with E-state index in [1.54, 1.807) is 17.0 Å². The number of ether oxygens (including phenoxy) is 1. The van der Waals surface area contributed by atoms with Gasteiger partial charge in [-0.1, -0.05) is 6.07 Å². The molecule has 11 nitrogen and oxygen atoms in total. The number of hydrogen-bond acceptors (Lipinski definition) is 9. The number of nitrogens with zero attached hydrogens (tertiary/aromatic N) is 4. The predicted molar refractivity (Wildman–Crippen MR) is 147 cm³/mol. The molecule has 3 aromatic rings. The molecule has 14 heteroatoms. The van der Waals surface area contributed by atoms with Crippen LogP contribution in [-0.4, -0.2) is 109 Å². The van der Waals surface area contributed by atoms with Crippen molar-refractivity contribution < 1.29 is 32.9 Å². The van der Waals surface area contributed by atoms with Crippen molar-refractivity contribution in [1.82, 2.24) is 20.2 Å². The molecule has 0 bridgehead atoms. The first-order valence-electron chi connectivity index (χ1n) is 12.2. The van der Waals surface area contributed by atoms with Crippen molar-refractivity contribution in [3.8, 4) is 5.75 Å². The number of anilines is 1. The molecule has 204 valence electrons. The monoisotopic (exact) mass is 569 g/mol. The Morgan fingerprint density at radius 1 is 1.13 bits per heavy atom. The number of benzene rings is 1. The van der Waals surface area contributed by atoms with Crippen LogP contribution in [0.25, 0.3) is 10.9 Å². The number of halogens is 1. The molecule has 2 aliphatic heterocycles. The van der Waals surface area contributed by atoms with Gasteiger partial charge in [-0.2, -0.15) is 0 Å². The molecule has 2 amide bonds.